The van der Waals surface area contributed by atoms with Gasteiger partial charge in [-0.15, -0.1) is 0 Å². The monoisotopic (exact) mass is 521 g/mol. The minimum absolute atomic E-state index is 0.0412. The minimum atomic E-state index is -3.58. The number of carbonyl (C=O) groups is 1. The van der Waals surface area contributed by atoms with E-state index in [4.69, 9.17) is 16.6 Å². The summed E-state index contributed by atoms with van der Waals surface area (Å²) in [7, 11) is -1.67. The Balaban J connectivity index is 1.34. The van der Waals surface area contributed by atoms with E-state index < -0.39 is 15.9 Å². The van der Waals surface area contributed by atoms with Crippen molar-refractivity contribution in [1.29, 1.82) is 0 Å². The van der Waals surface area contributed by atoms with Crippen molar-refractivity contribution in [3.05, 3.63) is 57.3 Å². The number of aliphatic hydroxyl groups excluding tert-OH is 1. The first-order chi connectivity index (χ1) is 16.1. The number of amides is 1. The van der Waals surface area contributed by atoms with E-state index in [1.807, 2.05) is 17.8 Å². The van der Waals surface area contributed by atoms with E-state index in [1.54, 1.807) is 48.2 Å². The van der Waals surface area contributed by atoms with Gasteiger partial charge in [-0.25, -0.2) is 8.42 Å². The third-order valence-electron chi connectivity index (χ3n) is 6.07. The van der Waals surface area contributed by atoms with E-state index in [9.17, 15) is 18.3 Å². The van der Waals surface area contributed by atoms with Crippen LogP contribution in [0.2, 0.25) is 5.02 Å². The summed E-state index contributed by atoms with van der Waals surface area (Å²) in [5.74, 6) is -0.366. The average Bonchev–Trinajstić information content (AvgIpc) is 3.18. The number of nitrogens with zero attached hydrogens (tertiary/aromatic N) is 3. The SMILES string of the molecule is CC(O)c1cn(C)/c(=N/C2CCN(C(=O)CCS(=O)(=O)c3ccc4cc(Cl)ccc4c3)CC2)s1. The predicted molar refractivity (Wildman–Crippen MR) is 135 cm³/mol. The van der Waals surface area contributed by atoms with Crippen molar-refractivity contribution in [2.75, 3.05) is 18.8 Å². The van der Waals surface area contributed by atoms with Gasteiger partial charge in [0.1, 0.15) is 0 Å². The summed E-state index contributed by atoms with van der Waals surface area (Å²) in [5.41, 5.74) is 0. The first-order valence-electron chi connectivity index (χ1n) is 11.2. The molecule has 1 atom stereocenters. The van der Waals surface area contributed by atoms with Crippen LogP contribution >= 0.6 is 22.9 Å². The number of halogens is 1. The Morgan fingerprint density at radius 3 is 2.56 bits per heavy atom. The van der Waals surface area contributed by atoms with Gasteiger partial charge in [0, 0.05) is 37.8 Å². The molecule has 1 aromatic heterocycles. The van der Waals surface area contributed by atoms with E-state index >= 15 is 0 Å². The number of carbonyl (C=O) groups excluding carboxylic acids is 1. The van der Waals surface area contributed by atoms with Gasteiger partial charge in [-0.05, 0) is 54.8 Å². The molecule has 3 aromatic rings. The number of piperidine rings is 1. The lowest BCUT2D eigenvalue weighted by Gasteiger charge is -2.30. The Hall–Kier alpha value is -2.20. The number of rotatable bonds is 6. The minimum Gasteiger partial charge on any atom is -0.388 e. The molecule has 0 bridgehead atoms. The number of aromatic nitrogens is 1. The molecule has 1 N–H and O–H groups in total. The van der Waals surface area contributed by atoms with Gasteiger partial charge < -0.3 is 14.6 Å². The molecule has 1 fully saturated rings. The first-order valence-corrected chi connectivity index (χ1v) is 14.1. The molecule has 10 heteroatoms. The van der Waals surface area contributed by atoms with Crippen LogP contribution in [-0.2, 0) is 21.7 Å². The van der Waals surface area contributed by atoms with Crippen LogP contribution in [0.3, 0.4) is 0 Å². The molecule has 0 aliphatic carbocycles. The van der Waals surface area contributed by atoms with Crippen molar-refractivity contribution in [3.8, 4) is 0 Å². The fourth-order valence-electron chi connectivity index (χ4n) is 4.05. The van der Waals surface area contributed by atoms with Gasteiger partial charge in [-0.3, -0.25) is 9.79 Å². The van der Waals surface area contributed by atoms with E-state index in [-0.39, 0.29) is 29.0 Å². The van der Waals surface area contributed by atoms with Gasteiger partial charge in [0.05, 0.1) is 27.7 Å². The molecular weight excluding hydrogens is 494 g/mol. The van der Waals surface area contributed by atoms with Crippen LogP contribution in [0.1, 0.15) is 37.2 Å². The van der Waals surface area contributed by atoms with Crippen molar-refractivity contribution in [1.82, 2.24) is 9.47 Å². The fraction of sp³-hybridized carbons (Fsp3) is 0.417. The van der Waals surface area contributed by atoms with Gasteiger partial charge in [0.25, 0.3) is 0 Å². The third-order valence-corrected chi connectivity index (χ3v) is 9.28. The van der Waals surface area contributed by atoms with Gasteiger partial charge in [-0.2, -0.15) is 0 Å². The highest BCUT2D eigenvalue weighted by Crippen LogP contribution is 2.24. The van der Waals surface area contributed by atoms with E-state index in [0.29, 0.717) is 18.1 Å². The summed E-state index contributed by atoms with van der Waals surface area (Å²) in [4.78, 5) is 21.2. The zero-order chi connectivity index (χ0) is 24.5. The zero-order valence-corrected chi connectivity index (χ0v) is 21.5. The lowest BCUT2D eigenvalue weighted by Crippen LogP contribution is -2.40. The van der Waals surface area contributed by atoms with Crippen LogP contribution in [0, 0.1) is 0 Å². The van der Waals surface area contributed by atoms with E-state index in [1.165, 1.54) is 11.3 Å². The van der Waals surface area contributed by atoms with Gasteiger partial charge in [0.15, 0.2) is 14.6 Å². The van der Waals surface area contributed by atoms with Gasteiger partial charge >= 0.3 is 0 Å². The number of hydrogen-bond acceptors (Lipinski definition) is 6. The average molecular weight is 522 g/mol. The summed E-state index contributed by atoms with van der Waals surface area (Å²) in [6.07, 6.45) is 2.78. The topological polar surface area (TPSA) is 92.0 Å². The van der Waals surface area contributed by atoms with Crippen molar-refractivity contribution in [3.63, 3.8) is 0 Å². The largest absolute Gasteiger partial charge is 0.388 e. The molecule has 1 aliphatic rings. The highest BCUT2D eigenvalue weighted by molar-refractivity contribution is 7.91. The maximum absolute atomic E-state index is 12.8. The van der Waals surface area contributed by atoms with Gasteiger partial charge in [-0.1, -0.05) is 35.1 Å². The Morgan fingerprint density at radius 2 is 1.88 bits per heavy atom. The number of sulfone groups is 1. The van der Waals surface area contributed by atoms with Crippen molar-refractivity contribution in [2.24, 2.45) is 12.0 Å². The second-order valence-electron chi connectivity index (χ2n) is 8.67. The molecule has 1 aliphatic heterocycles. The molecule has 1 saturated heterocycles. The molecule has 0 radical (unpaired) electrons. The lowest BCUT2D eigenvalue weighted by molar-refractivity contribution is -0.131. The second-order valence-corrected chi connectivity index (χ2v) is 12.3. The number of fused-ring (bicyclic) bond motifs is 1. The van der Waals surface area contributed by atoms with Crippen LogP contribution in [0.25, 0.3) is 10.8 Å². The quantitative estimate of drug-likeness (QED) is 0.535. The molecule has 2 heterocycles. The molecule has 0 spiro atoms. The molecular formula is C24H28ClN3O4S2. The lowest BCUT2D eigenvalue weighted by atomic mass is 10.1. The predicted octanol–water partition coefficient (Wildman–Crippen LogP) is 3.70. The number of likely N-dealkylation sites (tertiary alicyclic amines) is 1. The van der Waals surface area contributed by atoms with Crippen LogP contribution in [0.5, 0.6) is 0 Å². The molecule has 1 amide bonds. The fourth-order valence-corrected chi connectivity index (χ4v) is 6.48. The number of benzene rings is 2. The Labute approximate surface area is 208 Å². The summed E-state index contributed by atoms with van der Waals surface area (Å²) in [6.45, 7) is 2.85. The zero-order valence-electron chi connectivity index (χ0n) is 19.1. The van der Waals surface area contributed by atoms with Gasteiger partial charge in [0.2, 0.25) is 5.91 Å². The standard InChI is InChI=1S/C24H28ClN3O4S2/c1-16(29)22-15-27(2)24(33-22)26-20-7-10-28(11-8-20)23(30)9-12-34(31,32)21-6-4-17-13-19(25)5-3-18(17)14-21/h3-6,13-16,20,29H,7-12H2,1-2H3/b26-24-. The number of thiazole rings is 1. The summed E-state index contributed by atoms with van der Waals surface area (Å²) < 4.78 is 27.6. The highest BCUT2D eigenvalue weighted by Gasteiger charge is 2.25. The molecule has 4 rings (SSSR count). The van der Waals surface area contributed by atoms with Crippen molar-refractivity contribution < 1.29 is 18.3 Å². The second kappa shape index (κ2) is 10.2. The molecule has 1 unspecified atom stereocenters. The van der Waals surface area contributed by atoms with Crippen LogP contribution in [0.15, 0.2) is 52.5 Å². The number of hydrogen-bond donors (Lipinski definition) is 1. The van der Waals surface area contributed by atoms with Crippen LogP contribution < -0.4 is 4.80 Å². The van der Waals surface area contributed by atoms with Crippen molar-refractivity contribution >= 4 is 49.5 Å². The molecule has 7 nitrogen and oxygen atoms in total. The van der Waals surface area contributed by atoms with Crippen LogP contribution in [0.4, 0.5) is 0 Å². The maximum Gasteiger partial charge on any atom is 0.223 e. The van der Waals surface area contributed by atoms with Crippen LogP contribution in [-0.4, -0.2) is 53.8 Å². The summed E-state index contributed by atoms with van der Waals surface area (Å²) in [5, 5.41) is 12.0. The normalized spacial score (nSPS) is 16.8. The maximum atomic E-state index is 12.8. The number of aliphatic hydroxyl groups is 1. The highest BCUT2D eigenvalue weighted by atomic mass is 35.5. The third kappa shape index (κ3) is 5.71. The molecule has 34 heavy (non-hydrogen) atoms. The Kier molecular flexibility index (Phi) is 7.47. The number of aryl methyl sites for hydroxylation is 1. The summed E-state index contributed by atoms with van der Waals surface area (Å²) in [6, 6.07) is 10.3. The molecule has 0 saturated carbocycles. The Morgan fingerprint density at radius 1 is 1.21 bits per heavy atom. The van der Waals surface area contributed by atoms with E-state index in [2.05, 4.69) is 0 Å². The summed E-state index contributed by atoms with van der Waals surface area (Å²) >= 11 is 7.47. The van der Waals surface area contributed by atoms with E-state index in [0.717, 1.165) is 33.3 Å². The molecule has 2 aromatic carbocycles. The van der Waals surface area contributed by atoms with Crippen molar-refractivity contribution in [2.45, 2.75) is 43.2 Å². The smallest absolute Gasteiger partial charge is 0.223 e. The Bertz CT molecular complexity index is 1370. The first kappa shape index (κ1) is 24.9. The molecule has 182 valence electrons.